The van der Waals surface area contributed by atoms with Crippen molar-refractivity contribution in [3.05, 3.63) is 65.2 Å². The van der Waals surface area contributed by atoms with E-state index in [1.165, 1.54) is 0 Å². The summed E-state index contributed by atoms with van der Waals surface area (Å²) in [6, 6.07) is 13.4. The fourth-order valence-corrected chi connectivity index (χ4v) is 4.78. The molecule has 0 heterocycles. The van der Waals surface area contributed by atoms with Gasteiger partial charge in [0, 0.05) is 11.2 Å². The molecule has 2 rings (SSSR count). The van der Waals surface area contributed by atoms with E-state index in [-0.39, 0.29) is 11.8 Å². The van der Waals surface area contributed by atoms with E-state index in [0.29, 0.717) is 24.2 Å². The summed E-state index contributed by atoms with van der Waals surface area (Å²) in [7, 11) is 0. The number of aryl methyl sites for hydroxylation is 2. The number of para-hydroxylation sites is 1. The normalized spacial score (nSPS) is 13.3. The van der Waals surface area contributed by atoms with Gasteiger partial charge in [-0.3, -0.25) is 9.59 Å². The van der Waals surface area contributed by atoms with Gasteiger partial charge in [-0.25, -0.2) is 4.79 Å². The molecule has 0 spiro atoms. The van der Waals surface area contributed by atoms with E-state index < -0.39 is 29.3 Å². The van der Waals surface area contributed by atoms with Crippen molar-refractivity contribution in [3.8, 4) is 0 Å². The molecule has 214 valence electrons. The molecule has 2 unspecified atom stereocenters. The molecule has 39 heavy (non-hydrogen) atoms. The molecule has 0 bridgehead atoms. The van der Waals surface area contributed by atoms with Gasteiger partial charge in [-0.1, -0.05) is 55.5 Å². The topological polar surface area (TPSA) is 87.7 Å². The number of anilines is 1. The van der Waals surface area contributed by atoms with Gasteiger partial charge in [-0.15, -0.1) is 0 Å². The molecular formula is C31H45N3O4S. The third-order valence-corrected chi connectivity index (χ3v) is 7.35. The summed E-state index contributed by atoms with van der Waals surface area (Å²) in [6.07, 6.45) is 2.29. The molecular weight excluding hydrogens is 510 g/mol. The third kappa shape index (κ3) is 9.02. The third-order valence-electron chi connectivity index (χ3n) is 6.71. The predicted molar refractivity (Wildman–Crippen MR) is 161 cm³/mol. The quantitative estimate of drug-likeness (QED) is 0.324. The molecule has 0 saturated heterocycles. The highest BCUT2D eigenvalue weighted by molar-refractivity contribution is 7.98. The summed E-state index contributed by atoms with van der Waals surface area (Å²) in [5.74, 6) is 0.0126. The van der Waals surface area contributed by atoms with Gasteiger partial charge in [-0.05, 0) is 90.0 Å². The maximum atomic E-state index is 14.4. The average molecular weight is 556 g/mol. The Morgan fingerprint density at radius 3 is 2.05 bits per heavy atom. The second-order valence-electron chi connectivity index (χ2n) is 11.4. The van der Waals surface area contributed by atoms with Gasteiger partial charge < -0.3 is 20.3 Å². The lowest BCUT2D eigenvalue weighted by Gasteiger charge is -2.44. The number of amides is 3. The Morgan fingerprint density at radius 2 is 1.54 bits per heavy atom. The number of nitrogens with one attached hydrogen (secondary N) is 2. The Labute approximate surface area is 238 Å². The average Bonchev–Trinajstić information content (AvgIpc) is 2.86. The van der Waals surface area contributed by atoms with Gasteiger partial charge >= 0.3 is 6.09 Å². The minimum Gasteiger partial charge on any atom is -0.444 e. The van der Waals surface area contributed by atoms with Crippen molar-refractivity contribution in [1.29, 1.82) is 0 Å². The molecule has 2 atom stereocenters. The van der Waals surface area contributed by atoms with Crippen LogP contribution < -0.4 is 10.6 Å². The van der Waals surface area contributed by atoms with Crippen LogP contribution in [0.15, 0.2) is 48.5 Å². The first-order valence-electron chi connectivity index (χ1n) is 13.5. The number of nitrogens with zero attached hydrogens (tertiary/aromatic N) is 1. The lowest BCUT2D eigenvalue weighted by atomic mass is 9.91. The van der Waals surface area contributed by atoms with Gasteiger partial charge in [0.25, 0.3) is 5.91 Å². The van der Waals surface area contributed by atoms with E-state index in [2.05, 4.69) is 10.6 Å². The largest absolute Gasteiger partial charge is 0.444 e. The van der Waals surface area contributed by atoms with Gasteiger partial charge in [0.2, 0.25) is 5.91 Å². The molecule has 0 radical (unpaired) electrons. The maximum absolute atomic E-state index is 14.4. The number of hydrogen-bond donors (Lipinski definition) is 2. The van der Waals surface area contributed by atoms with Crippen molar-refractivity contribution in [2.24, 2.45) is 0 Å². The zero-order chi connectivity index (χ0) is 29.4. The molecule has 2 aromatic carbocycles. The molecule has 2 aromatic rings. The zero-order valence-corrected chi connectivity index (χ0v) is 25.7. The van der Waals surface area contributed by atoms with Crippen LogP contribution in [0.5, 0.6) is 0 Å². The second kappa shape index (κ2) is 13.9. The van der Waals surface area contributed by atoms with Crippen LogP contribution in [-0.2, 0) is 14.3 Å². The SMILES string of the molecule is CCC(C)(C)N(C(=O)C(CCSC)NC(=O)OC(C)(C)C)C(C(=O)Nc1c(C)cccc1C)c1ccccc1. The Morgan fingerprint density at radius 1 is 0.949 bits per heavy atom. The highest BCUT2D eigenvalue weighted by atomic mass is 32.2. The Bertz CT molecular complexity index is 1110. The van der Waals surface area contributed by atoms with Crippen molar-refractivity contribution < 1.29 is 19.1 Å². The molecule has 0 aromatic heterocycles. The summed E-state index contributed by atoms with van der Waals surface area (Å²) in [6.45, 7) is 15.1. The van der Waals surface area contributed by atoms with Crippen LogP contribution in [0.4, 0.5) is 10.5 Å². The highest BCUT2D eigenvalue weighted by Crippen LogP contribution is 2.34. The van der Waals surface area contributed by atoms with E-state index in [1.807, 2.05) is 89.4 Å². The molecule has 8 heteroatoms. The van der Waals surface area contributed by atoms with Crippen molar-refractivity contribution in [2.45, 2.75) is 91.5 Å². The van der Waals surface area contributed by atoms with Crippen molar-refractivity contribution in [3.63, 3.8) is 0 Å². The summed E-state index contributed by atoms with van der Waals surface area (Å²) < 4.78 is 5.48. The minimum atomic E-state index is -0.926. The number of thioether (sulfide) groups is 1. The maximum Gasteiger partial charge on any atom is 0.408 e. The van der Waals surface area contributed by atoms with Crippen molar-refractivity contribution in [1.82, 2.24) is 10.2 Å². The monoisotopic (exact) mass is 555 g/mol. The van der Waals surface area contributed by atoms with Crippen LogP contribution in [0.3, 0.4) is 0 Å². The molecule has 3 amide bonds. The van der Waals surface area contributed by atoms with E-state index in [1.54, 1.807) is 37.4 Å². The standard InChI is InChI=1S/C31H45N3O4S/c1-10-31(7,8)34(28(36)24(19-20-39-9)32-29(37)38-30(4,5)6)26(23-17-12-11-13-18-23)27(35)33-25-21(2)15-14-16-22(25)3/h11-18,24,26H,10,19-20H2,1-9H3,(H,32,37)(H,33,35). The summed E-state index contributed by atoms with van der Waals surface area (Å²) in [5, 5.41) is 5.91. The van der Waals surface area contributed by atoms with E-state index in [9.17, 15) is 14.4 Å². The molecule has 2 N–H and O–H groups in total. The smallest absolute Gasteiger partial charge is 0.408 e. The van der Waals surface area contributed by atoms with Crippen LogP contribution in [0.25, 0.3) is 0 Å². The summed E-state index contributed by atoms with van der Waals surface area (Å²) in [5.41, 5.74) is 1.88. The van der Waals surface area contributed by atoms with Gasteiger partial charge in [0.15, 0.2) is 0 Å². The van der Waals surface area contributed by atoms with Crippen molar-refractivity contribution in [2.75, 3.05) is 17.3 Å². The lowest BCUT2D eigenvalue weighted by Crippen LogP contribution is -2.59. The van der Waals surface area contributed by atoms with Crippen LogP contribution in [0.2, 0.25) is 0 Å². The molecule has 0 aliphatic heterocycles. The molecule has 7 nitrogen and oxygen atoms in total. The first-order valence-corrected chi connectivity index (χ1v) is 14.8. The Balaban J connectivity index is 2.61. The van der Waals surface area contributed by atoms with Crippen LogP contribution >= 0.6 is 11.8 Å². The Kier molecular flexibility index (Phi) is 11.5. The Hall–Kier alpha value is -3.00. The van der Waals surface area contributed by atoms with E-state index >= 15 is 0 Å². The van der Waals surface area contributed by atoms with E-state index in [4.69, 9.17) is 4.74 Å². The zero-order valence-electron chi connectivity index (χ0n) is 24.9. The first-order chi connectivity index (χ1) is 18.2. The number of alkyl carbamates (subject to hydrolysis) is 1. The van der Waals surface area contributed by atoms with Gasteiger partial charge in [0.1, 0.15) is 17.7 Å². The number of carbonyl (C=O) groups is 3. The number of rotatable bonds is 11. The number of carbonyl (C=O) groups excluding carboxylic acids is 3. The molecule has 0 aliphatic rings. The highest BCUT2D eigenvalue weighted by Gasteiger charge is 2.43. The number of ether oxygens (including phenoxy) is 1. The van der Waals surface area contributed by atoms with Gasteiger partial charge in [-0.2, -0.15) is 11.8 Å². The number of hydrogen-bond acceptors (Lipinski definition) is 5. The molecule has 0 aliphatic carbocycles. The second-order valence-corrected chi connectivity index (χ2v) is 12.4. The van der Waals surface area contributed by atoms with Crippen LogP contribution in [0, 0.1) is 13.8 Å². The number of benzene rings is 2. The van der Waals surface area contributed by atoms with E-state index in [0.717, 1.165) is 16.8 Å². The fourth-order valence-electron chi connectivity index (χ4n) is 4.31. The minimum absolute atomic E-state index is 0.311. The molecule has 0 fully saturated rings. The predicted octanol–water partition coefficient (Wildman–Crippen LogP) is 6.65. The van der Waals surface area contributed by atoms with Gasteiger partial charge in [0.05, 0.1) is 0 Å². The van der Waals surface area contributed by atoms with Crippen molar-refractivity contribution >= 4 is 35.4 Å². The summed E-state index contributed by atoms with van der Waals surface area (Å²) >= 11 is 1.59. The van der Waals surface area contributed by atoms with Crippen LogP contribution in [-0.4, -0.2) is 52.0 Å². The lowest BCUT2D eigenvalue weighted by molar-refractivity contribution is -0.147. The first kappa shape index (κ1) is 32.2. The summed E-state index contributed by atoms with van der Waals surface area (Å²) in [4.78, 5) is 43.0. The van der Waals surface area contributed by atoms with Crippen LogP contribution in [0.1, 0.15) is 77.1 Å². The fraction of sp³-hybridized carbons (Fsp3) is 0.516. The molecule has 0 saturated carbocycles.